The summed E-state index contributed by atoms with van der Waals surface area (Å²) in [4.78, 5) is 13.1. The summed E-state index contributed by atoms with van der Waals surface area (Å²) in [5.74, 6) is -0.710. The number of carbonyl (C=O) groups excluding carboxylic acids is 1. The molecule has 2 bridgehead atoms. The van der Waals surface area contributed by atoms with Crippen molar-refractivity contribution in [2.75, 3.05) is 0 Å². The molecular formula is C20H19Cl2FN2O3. The van der Waals surface area contributed by atoms with Gasteiger partial charge in [0.2, 0.25) is 0 Å². The number of hydrogen-bond acceptors (Lipinski definition) is 5. The van der Waals surface area contributed by atoms with Gasteiger partial charge in [0.05, 0.1) is 10.0 Å². The van der Waals surface area contributed by atoms with Gasteiger partial charge in [0, 0.05) is 17.6 Å². The van der Waals surface area contributed by atoms with Gasteiger partial charge in [-0.2, -0.15) is 0 Å². The SMILES string of the molecule is O=C(OC1C[C@H]2CC[C@@H](C1)N2)c1c(-c2c(Cl)cccc2Cl)noc1C1(F)CC1. The van der Waals surface area contributed by atoms with Crippen LogP contribution in [0.2, 0.25) is 10.0 Å². The fourth-order valence-electron chi connectivity index (χ4n) is 4.33. The highest BCUT2D eigenvalue weighted by atomic mass is 35.5. The molecule has 3 heterocycles. The van der Waals surface area contributed by atoms with Crippen molar-refractivity contribution in [2.24, 2.45) is 0 Å². The van der Waals surface area contributed by atoms with E-state index in [4.69, 9.17) is 32.5 Å². The third kappa shape index (κ3) is 3.11. The summed E-state index contributed by atoms with van der Waals surface area (Å²) in [6.45, 7) is 0. The molecule has 1 unspecified atom stereocenters. The average Bonchev–Trinajstić information content (AvgIpc) is 3.09. The molecule has 0 amide bonds. The van der Waals surface area contributed by atoms with Crippen LogP contribution < -0.4 is 5.32 Å². The Morgan fingerprint density at radius 2 is 1.86 bits per heavy atom. The summed E-state index contributed by atoms with van der Waals surface area (Å²) in [6, 6.07) is 5.70. The van der Waals surface area contributed by atoms with E-state index in [1.165, 1.54) is 0 Å². The fourth-order valence-corrected chi connectivity index (χ4v) is 4.90. The zero-order chi connectivity index (χ0) is 19.5. The number of nitrogens with zero attached hydrogens (tertiary/aromatic N) is 1. The van der Waals surface area contributed by atoms with Crippen molar-refractivity contribution in [1.29, 1.82) is 0 Å². The maximum Gasteiger partial charge on any atom is 0.344 e. The van der Waals surface area contributed by atoms with Crippen LogP contribution in [0.15, 0.2) is 22.7 Å². The van der Waals surface area contributed by atoms with Crippen LogP contribution in [0.1, 0.15) is 54.6 Å². The van der Waals surface area contributed by atoms with Gasteiger partial charge in [-0.3, -0.25) is 0 Å². The van der Waals surface area contributed by atoms with Crippen molar-refractivity contribution in [3.63, 3.8) is 0 Å². The van der Waals surface area contributed by atoms with Crippen LogP contribution in [-0.4, -0.2) is 29.3 Å². The van der Waals surface area contributed by atoms with Gasteiger partial charge < -0.3 is 14.6 Å². The molecule has 2 aliphatic heterocycles. The van der Waals surface area contributed by atoms with E-state index < -0.39 is 11.6 Å². The molecular weight excluding hydrogens is 406 g/mol. The number of esters is 1. The summed E-state index contributed by atoms with van der Waals surface area (Å²) in [6.07, 6.45) is 4.05. The zero-order valence-corrected chi connectivity index (χ0v) is 16.5. The average molecular weight is 425 g/mol. The number of hydrogen-bond donors (Lipinski definition) is 1. The van der Waals surface area contributed by atoms with Gasteiger partial charge in [0.1, 0.15) is 17.4 Å². The predicted octanol–water partition coefficient (Wildman–Crippen LogP) is 5.05. The zero-order valence-electron chi connectivity index (χ0n) is 15.0. The van der Waals surface area contributed by atoms with Gasteiger partial charge in [-0.15, -0.1) is 0 Å². The number of halogens is 3. The summed E-state index contributed by atoms with van der Waals surface area (Å²) in [5, 5.41) is 8.10. The highest BCUT2D eigenvalue weighted by Crippen LogP contribution is 2.53. The highest BCUT2D eigenvalue weighted by molar-refractivity contribution is 6.39. The molecule has 8 heteroatoms. The van der Waals surface area contributed by atoms with Gasteiger partial charge in [-0.25, -0.2) is 9.18 Å². The normalized spacial score (nSPS) is 27.6. The smallest absolute Gasteiger partial charge is 0.344 e. The van der Waals surface area contributed by atoms with Crippen LogP contribution in [-0.2, 0) is 10.4 Å². The molecule has 2 aromatic rings. The van der Waals surface area contributed by atoms with E-state index >= 15 is 0 Å². The van der Waals surface area contributed by atoms with Crippen molar-refractivity contribution in [3.05, 3.63) is 39.6 Å². The molecule has 1 N–H and O–H groups in total. The first-order valence-corrected chi connectivity index (χ1v) is 10.3. The Morgan fingerprint density at radius 1 is 1.21 bits per heavy atom. The maximum atomic E-state index is 14.9. The molecule has 1 aliphatic carbocycles. The lowest BCUT2D eigenvalue weighted by Gasteiger charge is -2.28. The predicted molar refractivity (Wildman–Crippen MR) is 102 cm³/mol. The number of rotatable bonds is 4. The summed E-state index contributed by atoms with van der Waals surface area (Å²) in [7, 11) is 0. The van der Waals surface area contributed by atoms with E-state index in [0.717, 1.165) is 25.7 Å². The number of ether oxygens (including phenoxy) is 1. The van der Waals surface area contributed by atoms with Crippen molar-refractivity contribution in [1.82, 2.24) is 10.5 Å². The topological polar surface area (TPSA) is 64.4 Å². The van der Waals surface area contributed by atoms with E-state index in [0.29, 0.717) is 27.7 Å². The minimum absolute atomic E-state index is 0.000814. The molecule has 0 radical (unpaired) electrons. The fraction of sp³-hybridized carbons (Fsp3) is 0.500. The summed E-state index contributed by atoms with van der Waals surface area (Å²) in [5.41, 5.74) is -1.19. The Balaban J connectivity index is 1.52. The maximum absolute atomic E-state index is 14.9. The number of fused-ring (bicyclic) bond motifs is 2. The second kappa shape index (κ2) is 6.71. The Hall–Kier alpha value is -1.63. The van der Waals surface area contributed by atoms with Gasteiger partial charge >= 0.3 is 5.97 Å². The molecule has 2 saturated heterocycles. The number of alkyl halides is 1. The first kappa shape index (κ1) is 18.4. The number of benzene rings is 1. The monoisotopic (exact) mass is 424 g/mol. The van der Waals surface area contributed by atoms with Crippen LogP contribution in [0.5, 0.6) is 0 Å². The first-order valence-electron chi connectivity index (χ1n) is 9.55. The van der Waals surface area contributed by atoms with E-state index in [9.17, 15) is 9.18 Å². The molecule has 5 rings (SSSR count). The molecule has 3 fully saturated rings. The molecule has 148 valence electrons. The second-order valence-electron chi connectivity index (χ2n) is 7.93. The van der Waals surface area contributed by atoms with Gasteiger partial charge in [0.15, 0.2) is 11.4 Å². The number of nitrogens with one attached hydrogen (secondary N) is 1. The van der Waals surface area contributed by atoms with E-state index in [2.05, 4.69) is 10.5 Å². The van der Waals surface area contributed by atoms with Gasteiger partial charge in [0.25, 0.3) is 0 Å². The van der Waals surface area contributed by atoms with Crippen molar-refractivity contribution >= 4 is 29.2 Å². The lowest BCUT2D eigenvalue weighted by atomic mass is 10.0. The summed E-state index contributed by atoms with van der Waals surface area (Å²) >= 11 is 12.6. The molecule has 3 atom stereocenters. The van der Waals surface area contributed by atoms with E-state index in [1.54, 1.807) is 18.2 Å². The molecule has 5 nitrogen and oxygen atoms in total. The van der Waals surface area contributed by atoms with Gasteiger partial charge in [-0.05, 0) is 50.7 Å². The Morgan fingerprint density at radius 3 is 2.46 bits per heavy atom. The van der Waals surface area contributed by atoms with Gasteiger partial charge in [-0.1, -0.05) is 34.4 Å². The minimum Gasteiger partial charge on any atom is -0.459 e. The van der Waals surface area contributed by atoms with E-state index in [-0.39, 0.29) is 36.0 Å². The Bertz CT molecular complexity index is 911. The van der Waals surface area contributed by atoms with Crippen molar-refractivity contribution < 1.29 is 18.4 Å². The Kier molecular flexibility index (Phi) is 4.41. The second-order valence-corrected chi connectivity index (χ2v) is 8.75. The van der Waals surface area contributed by atoms with Crippen LogP contribution in [0.3, 0.4) is 0 Å². The standard InChI is InChI=1S/C20H19Cl2FN2O3/c21-13-2-1-3-14(22)15(13)17-16(18(28-25-17)20(23)6-7-20)19(26)27-12-8-10-4-5-11(9-12)24-10/h1-3,10-12,24H,4-9H2/t10-,11+,12?. The lowest BCUT2D eigenvalue weighted by molar-refractivity contribution is 0.0172. The third-order valence-electron chi connectivity index (χ3n) is 5.90. The van der Waals surface area contributed by atoms with Crippen molar-refractivity contribution in [2.45, 2.75) is 62.4 Å². The summed E-state index contributed by atoms with van der Waals surface area (Å²) < 4.78 is 26.0. The first-order chi connectivity index (χ1) is 13.4. The minimum atomic E-state index is -1.68. The third-order valence-corrected chi connectivity index (χ3v) is 6.53. The molecule has 0 spiro atoms. The van der Waals surface area contributed by atoms with E-state index in [1.807, 2.05) is 0 Å². The largest absolute Gasteiger partial charge is 0.459 e. The number of aromatic nitrogens is 1. The molecule has 3 aliphatic rings. The van der Waals surface area contributed by atoms with Crippen molar-refractivity contribution in [3.8, 4) is 11.3 Å². The molecule has 1 saturated carbocycles. The molecule has 1 aromatic heterocycles. The lowest BCUT2D eigenvalue weighted by Crippen LogP contribution is -2.42. The number of piperidine rings is 1. The number of carbonyl (C=O) groups is 1. The Labute approximate surface area is 171 Å². The quantitative estimate of drug-likeness (QED) is 0.695. The van der Waals surface area contributed by atoms with Crippen LogP contribution >= 0.6 is 23.2 Å². The van der Waals surface area contributed by atoms with Crippen LogP contribution in [0.25, 0.3) is 11.3 Å². The van der Waals surface area contributed by atoms with Crippen LogP contribution in [0.4, 0.5) is 4.39 Å². The highest BCUT2D eigenvalue weighted by Gasteiger charge is 2.53. The molecule has 1 aromatic carbocycles. The molecule has 28 heavy (non-hydrogen) atoms. The van der Waals surface area contributed by atoms with Crippen LogP contribution in [0, 0.1) is 0 Å².